The predicted molar refractivity (Wildman–Crippen MR) is 97.1 cm³/mol. The standard InChI is InChI=1S/C18H17F3N4OS/c1-4-7-24-11(2)8-14(12(24)3)15(26)10-27-17-23-22-16-6-5-13(9-25(16)17)18(19,20)21/h4-6,8-9H,1,7,10H2,2-3H3. The molecule has 142 valence electrons. The quantitative estimate of drug-likeness (QED) is 0.355. The minimum Gasteiger partial charge on any atom is -0.345 e. The van der Waals surface area contributed by atoms with Gasteiger partial charge in [0, 0.05) is 29.7 Å². The maximum absolute atomic E-state index is 12.9. The van der Waals surface area contributed by atoms with Crippen molar-refractivity contribution in [3.63, 3.8) is 0 Å². The summed E-state index contributed by atoms with van der Waals surface area (Å²) < 4.78 is 42.0. The Labute approximate surface area is 157 Å². The van der Waals surface area contributed by atoms with E-state index in [9.17, 15) is 18.0 Å². The van der Waals surface area contributed by atoms with Gasteiger partial charge in [0.05, 0.1) is 11.3 Å². The Morgan fingerprint density at radius 2 is 2.04 bits per heavy atom. The molecule has 0 N–H and O–H groups in total. The fraction of sp³-hybridized carbons (Fsp3) is 0.278. The van der Waals surface area contributed by atoms with E-state index < -0.39 is 11.7 Å². The SMILES string of the molecule is C=CCn1c(C)cc(C(=O)CSc2nnc3ccc(C(F)(F)F)cn23)c1C. The minimum atomic E-state index is -4.46. The van der Waals surface area contributed by atoms with Gasteiger partial charge in [-0.2, -0.15) is 13.2 Å². The van der Waals surface area contributed by atoms with Gasteiger partial charge in [-0.15, -0.1) is 16.8 Å². The molecule has 0 aliphatic rings. The number of aromatic nitrogens is 4. The van der Waals surface area contributed by atoms with Gasteiger partial charge in [-0.25, -0.2) is 0 Å². The first kappa shape index (κ1) is 19.2. The first-order valence-electron chi connectivity index (χ1n) is 8.08. The second kappa shape index (κ2) is 7.22. The molecule has 5 nitrogen and oxygen atoms in total. The molecule has 0 fully saturated rings. The van der Waals surface area contributed by atoms with E-state index in [0.29, 0.717) is 17.8 Å². The second-order valence-corrected chi connectivity index (χ2v) is 6.96. The molecule has 0 unspecified atom stereocenters. The number of hydrogen-bond donors (Lipinski definition) is 0. The molecule has 0 aliphatic carbocycles. The first-order valence-corrected chi connectivity index (χ1v) is 9.06. The molecule has 3 heterocycles. The van der Waals surface area contributed by atoms with Crippen molar-refractivity contribution in [3.8, 4) is 0 Å². The monoisotopic (exact) mass is 394 g/mol. The summed E-state index contributed by atoms with van der Waals surface area (Å²) in [5.41, 5.74) is 1.87. The number of allylic oxidation sites excluding steroid dienone is 1. The number of rotatable bonds is 6. The van der Waals surface area contributed by atoms with Gasteiger partial charge in [0.2, 0.25) is 0 Å². The predicted octanol–water partition coefficient (Wildman–Crippen LogP) is 4.33. The number of alkyl halides is 3. The third kappa shape index (κ3) is 3.78. The molecule has 3 rings (SSSR count). The number of carbonyl (C=O) groups excluding carboxylic acids is 1. The number of hydrogen-bond acceptors (Lipinski definition) is 4. The van der Waals surface area contributed by atoms with Gasteiger partial charge >= 0.3 is 6.18 Å². The Balaban J connectivity index is 1.82. The van der Waals surface area contributed by atoms with E-state index >= 15 is 0 Å². The molecule has 0 aliphatic heterocycles. The molecular formula is C18H17F3N4OS. The van der Waals surface area contributed by atoms with Crippen LogP contribution in [0.1, 0.15) is 27.3 Å². The second-order valence-electron chi connectivity index (χ2n) is 6.02. The van der Waals surface area contributed by atoms with Gasteiger partial charge in [-0.1, -0.05) is 17.8 Å². The van der Waals surface area contributed by atoms with Crippen LogP contribution in [-0.2, 0) is 12.7 Å². The van der Waals surface area contributed by atoms with Crippen LogP contribution in [0, 0.1) is 13.8 Å². The van der Waals surface area contributed by atoms with E-state index in [0.717, 1.165) is 35.4 Å². The van der Waals surface area contributed by atoms with Gasteiger partial charge in [0.15, 0.2) is 16.6 Å². The molecule has 0 radical (unpaired) electrons. The van der Waals surface area contributed by atoms with Gasteiger partial charge in [0.25, 0.3) is 0 Å². The van der Waals surface area contributed by atoms with Crippen LogP contribution in [-0.4, -0.2) is 30.7 Å². The highest BCUT2D eigenvalue weighted by Gasteiger charge is 2.31. The number of Topliss-reactive ketones (excluding diaryl/α,β-unsaturated/α-hetero) is 1. The van der Waals surface area contributed by atoms with Crippen molar-refractivity contribution < 1.29 is 18.0 Å². The highest BCUT2D eigenvalue weighted by Crippen LogP contribution is 2.30. The smallest absolute Gasteiger partial charge is 0.345 e. The maximum atomic E-state index is 12.9. The minimum absolute atomic E-state index is 0.0510. The average molecular weight is 394 g/mol. The van der Waals surface area contributed by atoms with E-state index in [2.05, 4.69) is 16.8 Å². The molecule has 3 aromatic rings. The third-order valence-electron chi connectivity index (χ3n) is 4.22. The number of halogens is 3. The topological polar surface area (TPSA) is 52.2 Å². The number of carbonyl (C=O) groups is 1. The lowest BCUT2D eigenvalue weighted by molar-refractivity contribution is -0.137. The summed E-state index contributed by atoms with van der Waals surface area (Å²) >= 11 is 1.06. The van der Waals surface area contributed by atoms with E-state index in [-0.39, 0.29) is 16.7 Å². The van der Waals surface area contributed by atoms with E-state index in [1.807, 2.05) is 24.5 Å². The van der Waals surface area contributed by atoms with Crippen LogP contribution in [0.25, 0.3) is 5.65 Å². The normalized spacial score (nSPS) is 11.9. The summed E-state index contributed by atoms with van der Waals surface area (Å²) in [5.74, 6) is -0.0674. The molecule has 0 atom stereocenters. The first-order chi connectivity index (χ1) is 12.7. The fourth-order valence-corrected chi connectivity index (χ4v) is 3.64. The number of pyridine rings is 1. The Bertz CT molecular complexity index is 1020. The summed E-state index contributed by atoms with van der Waals surface area (Å²) in [6.07, 6.45) is -1.76. The fourth-order valence-electron chi connectivity index (χ4n) is 2.84. The van der Waals surface area contributed by atoms with Crippen LogP contribution in [0.5, 0.6) is 0 Å². The van der Waals surface area contributed by atoms with Crippen LogP contribution >= 0.6 is 11.8 Å². The molecule has 0 spiro atoms. The molecular weight excluding hydrogens is 377 g/mol. The molecule has 9 heteroatoms. The third-order valence-corrected chi connectivity index (χ3v) is 5.16. The molecule has 0 aromatic carbocycles. The average Bonchev–Trinajstić information content (AvgIpc) is 3.14. The summed E-state index contributed by atoms with van der Waals surface area (Å²) in [4.78, 5) is 12.6. The number of thioether (sulfide) groups is 1. The maximum Gasteiger partial charge on any atom is 0.417 e. The molecule has 0 saturated heterocycles. The van der Waals surface area contributed by atoms with Crippen molar-refractivity contribution in [2.75, 3.05) is 5.75 Å². The Hall–Kier alpha value is -2.55. The number of nitrogens with zero attached hydrogens (tertiary/aromatic N) is 4. The van der Waals surface area contributed by atoms with Gasteiger partial charge in [0.1, 0.15) is 0 Å². The molecule has 0 amide bonds. The summed E-state index contributed by atoms with van der Waals surface area (Å²) in [7, 11) is 0. The number of aryl methyl sites for hydroxylation is 1. The zero-order valence-corrected chi connectivity index (χ0v) is 15.6. The van der Waals surface area contributed by atoms with Gasteiger partial charge in [-0.05, 0) is 32.0 Å². The summed E-state index contributed by atoms with van der Waals surface area (Å²) in [6.45, 7) is 8.08. The Kier molecular flexibility index (Phi) is 5.14. The van der Waals surface area contributed by atoms with E-state index in [1.165, 1.54) is 10.5 Å². The lowest BCUT2D eigenvalue weighted by atomic mass is 10.2. The molecule has 3 aromatic heterocycles. The lowest BCUT2D eigenvalue weighted by Crippen LogP contribution is -2.08. The van der Waals surface area contributed by atoms with Crippen molar-refractivity contribution in [3.05, 3.63) is 59.6 Å². The Morgan fingerprint density at radius 3 is 2.70 bits per heavy atom. The molecule has 27 heavy (non-hydrogen) atoms. The van der Waals surface area contributed by atoms with Crippen molar-refractivity contribution in [1.82, 2.24) is 19.2 Å². The zero-order chi connectivity index (χ0) is 19.8. The largest absolute Gasteiger partial charge is 0.417 e. The van der Waals surface area contributed by atoms with Crippen molar-refractivity contribution in [2.24, 2.45) is 0 Å². The van der Waals surface area contributed by atoms with Crippen molar-refractivity contribution >= 4 is 23.2 Å². The summed E-state index contributed by atoms with van der Waals surface area (Å²) in [5, 5.41) is 7.99. The zero-order valence-electron chi connectivity index (χ0n) is 14.7. The van der Waals surface area contributed by atoms with Gasteiger partial charge in [-0.3, -0.25) is 9.20 Å². The summed E-state index contributed by atoms with van der Waals surface area (Å²) in [6, 6.07) is 4.02. The van der Waals surface area contributed by atoms with Crippen LogP contribution in [0.4, 0.5) is 13.2 Å². The van der Waals surface area contributed by atoms with Crippen LogP contribution in [0.15, 0.2) is 42.2 Å². The number of ketones is 1. The van der Waals surface area contributed by atoms with Crippen LogP contribution < -0.4 is 0 Å². The lowest BCUT2D eigenvalue weighted by Gasteiger charge is -2.07. The van der Waals surface area contributed by atoms with Crippen molar-refractivity contribution in [2.45, 2.75) is 31.7 Å². The van der Waals surface area contributed by atoms with E-state index in [1.54, 1.807) is 6.08 Å². The van der Waals surface area contributed by atoms with Crippen LogP contribution in [0.2, 0.25) is 0 Å². The number of fused-ring (bicyclic) bond motifs is 1. The molecule has 0 saturated carbocycles. The van der Waals surface area contributed by atoms with Crippen LogP contribution in [0.3, 0.4) is 0 Å². The molecule has 0 bridgehead atoms. The van der Waals surface area contributed by atoms with Crippen molar-refractivity contribution in [1.29, 1.82) is 0 Å². The Morgan fingerprint density at radius 1 is 1.30 bits per heavy atom. The van der Waals surface area contributed by atoms with Gasteiger partial charge < -0.3 is 4.57 Å². The highest BCUT2D eigenvalue weighted by atomic mass is 32.2. The van der Waals surface area contributed by atoms with E-state index in [4.69, 9.17) is 0 Å². The highest BCUT2D eigenvalue weighted by molar-refractivity contribution is 7.99.